The predicted molar refractivity (Wildman–Crippen MR) is 68.9 cm³/mol. The molecule has 0 aliphatic heterocycles. The lowest BCUT2D eigenvalue weighted by molar-refractivity contribution is 0.0924. The summed E-state index contributed by atoms with van der Waals surface area (Å²) >= 11 is 0. The zero-order valence-electron chi connectivity index (χ0n) is 10.2. The van der Waals surface area contributed by atoms with E-state index in [1.807, 2.05) is 0 Å². The van der Waals surface area contributed by atoms with Crippen molar-refractivity contribution in [1.29, 1.82) is 0 Å². The van der Waals surface area contributed by atoms with Crippen molar-refractivity contribution >= 4 is 21.6 Å². The summed E-state index contributed by atoms with van der Waals surface area (Å²) in [4.78, 5) is 11.6. The Balaban J connectivity index is 2.68. The van der Waals surface area contributed by atoms with Crippen LogP contribution < -0.4 is 10.0 Å². The molecule has 1 aromatic rings. The van der Waals surface area contributed by atoms with Crippen molar-refractivity contribution in [3.8, 4) is 0 Å². The van der Waals surface area contributed by atoms with Gasteiger partial charge in [-0.25, -0.2) is 8.42 Å². The van der Waals surface area contributed by atoms with E-state index in [-0.39, 0.29) is 12.5 Å². The van der Waals surface area contributed by atoms with Gasteiger partial charge in [-0.15, -0.1) is 0 Å². The Morgan fingerprint density at radius 1 is 1.33 bits per heavy atom. The third-order valence-electron chi connectivity index (χ3n) is 2.01. The van der Waals surface area contributed by atoms with Crippen LogP contribution in [0.1, 0.15) is 17.3 Å². The Morgan fingerprint density at radius 3 is 2.33 bits per heavy atom. The van der Waals surface area contributed by atoms with Gasteiger partial charge in [-0.1, -0.05) is 0 Å². The minimum atomic E-state index is -3.32. The predicted octanol–water partition coefficient (Wildman–Crippen LogP) is 0.169. The molecule has 1 atom stereocenters. The van der Waals surface area contributed by atoms with Crippen LogP contribution in [-0.2, 0) is 10.0 Å². The molecule has 0 spiro atoms. The number of nitrogens with one attached hydrogen (secondary N) is 2. The highest BCUT2D eigenvalue weighted by Gasteiger charge is 2.07. The number of hydrogen-bond acceptors (Lipinski definition) is 4. The number of sulfonamides is 1. The fraction of sp³-hybridized carbons (Fsp3) is 0.364. The first-order chi connectivity index (χ1) is 8.28. The summed E-state index contributed by atoms with van der Waals surface area (Å²) in [6.07, 6.45) is 0.441. The maximum atomic E-state index is 11.6. The van der Waals surface area contributed by atoms with Gasteiger partial charge in [0.05, 0.1) is 12.4 Å². The summed E-state index contributed by atoms with van der Waals surface area (Å²) < 4.78 is 24.3. The monoisotopic (exact) mass is 272 g/mol. The minimum Gasteiger partial charge on any atom is -0.392 e. The minimum absolute atomic E-state index is 0.169. The highest BCUT2D eigenvalue weighted by Crippen LogP contribution is 2.10. The van der Waals surface area contributed by atoms with Crippen molar-refractivity contribution in [2.24, 2.45) is 0 Å². The van der Waals surface area contributed by atoms with Gasteiger partial charge in [0, 0.05) is 17.8 Å². The Morgan fingerprint density at radius 2 is 1.89 bits per heavy atom. The molecule has 100 valence electrons. The van der Waals surface area contributed by atoms with Crippen LogP contribution in [0.25, 0.3) is 0 Å². The lowest BCUT2D eigenvalue weighted by Crippen LogP contribution is -2.30. The third kappa shape index (κ3) is 5.15. The number of rotatable bonds is 5. The van der Waals surface area contributed by atoms with Crippen molar-refractivity contribution in [2.45, 2.75) is 13.0 Å². The number of aliphatic hydroxyl groups excluding tert-OH is 1. The quantitative estimate of drug-likeness (QED) is 0.712. The summed E-state index contributed by atoms with van der Waals surface area (Å²) in [5.41, 5.74) is 0.791. The topological polar surface area (TPSA) is 95.5 Å². The number of amides is 1. The van der Waals surface area contributed by atoms with Crippen molar-refractivity contribution in [3.63, 3.8) is 0 Å². The molecule has 1 amide bonds. The van der Waals surface area contributed by atoms with Crippen molar-refractivity contribution in [2.75, 3.05) is 17.5 Å². The highest BCUT2D eigenvalue weighted by molar-refractivity contribution is 7.92. The highest BCUT2D eigenvalue weighted by atomic mass is 32.2. The van der Waals surface area contributed by atoms with Crippen LogP contribution in [0.4, 0.5) is 5.69 Å². The van der Waals surface area contributed by atoms with E-state index in [1.165, 1.54) is 24.3 Å². The molecular formula is C11H16N2O4S. The first-order valence-corrected chi connectivity index (χ1v) is 7.21. The molecule has 0 bridgehead atoms. The summed E-state index contributed by atoms with van der Waals surface area (Å²) in [5.74, 6) is -0.318. The molecule has 0 heterocycles. The second-order valence-corrected chi connectivity index (χ2v) is 5.76. The van der Waals surface area contributed by atoms with Crippen LogP contribution in [0, 0.1) is 0 Å². The van der Waals surface area contributed by atoms with Gasteiger partial charge in [0.15, 0.2) is 0 Å². The van der Waals surface area contributed by atoms with Gasteiger partial charge in [0.2, 0.25) is 10.0 Å². The normalized spacial score (nSPS) is 12.8. The zero-order valence-corrected chi connectivity index (χ0v) is 11.0. The van der Waals surface area contributed by atoms with Crippen molar-refractivity contribution in [3.05, 3.63) is 29.8 Å². The van der Waals surface area contributed by atoms with E-state index < -0.39 is 16.1 Å². The maximum absolute atomic E-state index is 11.6. The first-order valence-electron chi connectivity index (χ1n) is 5.32. The molecule has 1 rings (SSSR count). The SMILES string of the molecule is CC(O)CNC(=O)c1ccc(NS(C)(=O)=O)cc1. The van der Waals surface area contributed by atoms with Gasteiger partial charge in [0.25, 0.3) is 5.91 Å². The second kappa shape index (κ2) is 5.83. The molecule has 1 unspecified atom stereocenters. The summed E-state index contributed by atoms with van der Waals surface area (Å²) in [7, 11) is -3.32. The Labute approximate surface area is 106 Å². The molecule has 7 heteroatoms. The Hall–Kier alpha value is -1.60. The van der Waals surface area contributed by atoms with E-state index in [4.69, 9.17) is 5.11 Å². The smallest absolute Gasteiger partial charge is 0.251 e. The fourth-order valence-corrected chi connectivity index (χ4v) is 1.81. The van der Waals surface area contributed by atoms with E-state index in [1.54, 1.807) is 6.92 Å². The number of aliphatic hydroxyl groups is 1. The standard InChI is InChI=1S/C11H16N2O4S/c1-8(14)7-12-11(15)9-3-5-10(6-4-9)13-18(2,16)17/h3-6,8,13-14H,7H2,1-2H3,(H,12,15). The molecule has 0 aromatic heterocycles. The van der Waals surface area contributed by atoms with Crippen molar-refractivity contribution in [1.82, 2.24) is 5.32 Å². The average molecular weight is 272 g/mol. The van der Waals surface area contributed by atoms with Gasteiger partial charge in [-0.2, -0.15) is 0 Å². The second-order valence-electron chi connectivity index (χ2n) is 4.01. The Kier molecular flexibility index (Phi) is 4.69. The summed E-state index contributed by atoms with van der Waals surface area (Å²) in [5, 5.41) is 11.6. The first kappa shape index (κ1) is 14.5. The number of carbonyl (C=O) groups excluding carboxylic acids is 1. The number of anilines is 1. The molecule has 0 saturated heterocycles. The number of carbonyl (C=O) groups is 1. The van der Waals surface area contributed by atoms with E-state index >= 15 is 0 Å². The third-order valence-corrected chi connectivity index (χ3v) is 2.61. The Bertz CT molecular complexity index is 508. The van der Waals surface area contributed by atoms with E-state index in [0.717, 1.165) is 6.26 Å². The van der Waals surface area contributed by atoms with E-state index in [9.17, 15) is 13.2 Å². The van der Waals surface area contributed by atoms with Gasteiger partial charge in [-0.05, 0) is 31.2 Å². The lowest BCUT2D eigenvalue weighted by atomic mass is 10.2. The molecule has 0 fully saturated rings. The van der Waals surface area contributed by atoms with Gasteiger partial charge in [-0.3, -0.25) is 9.52 Å². The van der Waals surface area contributed by atoms with E-state index in [2.05, 4.69) is 10.0 Å². The van der Waals surface area contributed by atoms with Crippen LogP contribution in [0.15, 0.2) is 24.3 Å². The van der Waals surface area contributed by atoms with Gasteiger partial charge >= 0.3 is 0 Å². The molecule has 0 saturated carbocycles. The largest absolute Gasteiger partial charge is 0.392 e. The van der Waals surface area contributed by atoms with Gasteiger partial charge in [0.1, 0.15) is 0 Å². The van der Waals surface area contributed by atoms with Gasteiger partial charge < -0.3 is 10.4 Å². The van der Waals surface area contributed by atoms with Crippen LogP contribution in [0.3, 0.4) is 0 Å². The van der Waals surface area contributed by atoms with Crippen molar-refractivity contribution < 1.29 is 18.3 Å². The molecule has 0 radical (unpaired) electrons. The molecule has 0 aliphatic carbocycles. The zero-order chi connectivity index (χ0) is 13.8. The average Bonchev–Trinajstić information content (AvgIpc) is 2.24. The fourth-order valence-electron chi connectivity index (χ4n) is 1.25. The number of hydrogen-bond donors (Lipinski definition) is 3. The number of benzene rings is 1. The van der Waals surface area contributed by atoms with Crippen LogP contribution in [-0.4, -0.2) is 38.3 Å². The summed E-state index contributed by atoms with van der Waals surface area (Å²) in [6, 6.07) is 6.01. The molecular weight excluding hydrogens is 256 g/mol. The van der Waals surface area contributed by atoms with Crippen LogP contribution in [0.5, 0.6) is 0 Å². The molecule has 1 aromatic carbocycles. The maximum Gasteiger partial charge on any atom is 0.251 e. The molecule has 0 aliphatic rings. The van der Waals surface area contributed by atoms with Crippen LogP contribution >= 0.6 is 0 Å². The summed E-state index contributed by atoms with van der Waals surface area (Å²) in [6.45, 7) is 1.74. The molecule has 6 nitrogen and oxygen atoms in total. The lowest BCUT2D eigenvalue weighted by Gasteiger charge is -2.08. The van der Waals surface area contributed by atoms with E-state index in [0.29, 0.717) is 11.3 Å². The molecule has 3 N–H and O–H groups in total. The molecule has 18 heavy (non-hydrogen) atoms. The van der Waals surface area contributed by atoms with Crippen LogP contribution in [0.2, 0.25) is 0 Å².